The number of pyridine rings is 1. The topological polar surface area (TPSA) is 77.8 Å². The number of hydrazone groups is 1. The molecule has 4 aromatic rings. The molecule has 0 bridgehead atoms. The summed E-state index contributed by atoms with van der Waals surface area (Å²) in [4.78, 5) is 17.6. The van der Waals surface area contributed by atoms with Crippen LogP contribution < -0.4 is 5.32 Å². The number of phenolic OH excluding ortho intramolecular Hbond substituents is 1. The Morgan fingerprint density at radius 3 is 2.47 bits per heavy atom. The summed E-state index contributed by atoms with van der Waals surface area (Å²) < 4.78 is 13.4. The number of rotatable bonds is 4. The molecule has 1 aliphatic heterocycles. The lowest BCUT2D eigenvalue weighted by atomic mass is 9.98. The van der Waals surface area contributed by atoms with Crippen molar-refractivity contribution in [2.45, 2.75) is 12.5 Å². The van der Waals surface area contributed by atoms with Gasteiger partial charge in [-0.25, -0.2) is 14.2 Å². The standard InChI is InChI=1S/C27H21FN4O2/c28-20-13-11-18(12-14-20)21-7-1-3-9-23(21)30-27(34)32-25(22-8-2-4-10-26(22)33)16-24(31-32)19-6-5-15-29-17-19/h1-15,17,25,33H,16H2,(H,30,34). The van der Waals surface area contributed by atoms with Gasteiger partial charge >= 0.3 is 6.03 Å². The summed E-state index contributed by atoms with van der Waals surface area (Å²) in [5.74, 6) is -0.232. The number of hydrogen-bond donors (Lipinski definition) is 2. The van der Waals surface area contributed by atoms with Gasteiger partial charge in [0.05, 0.1) is 17.4 Å². The van der Waals surface area contributed by atoms with Crippen molar-refractivity contribution in [3.8, 4) is 16.9 Å². The van der Waals surface area contributed by atoms with Crippen LogP contribution in [-0.4, -0.2) is 26.8 Å². The summed E-state index contributed by atoms with van der Waals surface area (Å²) in [5, 5.41) is 19.4. The van der Waals surface area contributed by atoms with Crippen molar-refractivity contribution in [1.29, 1.82) is 0 Å². The summed E-state index contributed by atoms with van der Waals surface area (Å²) in [6.45, 7) is 0. The molecule has 0 radical (unpaired) electrons. The van der Waals surface area contributed by atoms with Gasteiger partial charge in [-0.3, -0.25) is 4.98 Å². The van der Waals surface area contributed by atoms with Crippen LogP contribution in [0.15, 0.2) is 102 Å². The second-order valence-corrected chi connectivity index (χ2v) is 7.89. The molecule has 0 fully saturated rings. The first-order valence-corrected chi connectivity index (χ1v) is 10.8. The summed E-state index contributed by atoms with van der Waals surface area (Å²) in [6, 6.07) is 23.1. The Labute approximate surface area is 196 Å². The number of phenols is 1. The van der Waals surface area contributed by atoms with Crippen LogP contribution in [-0.2, 0) is 0 Å². The van der Waals surface area contributed by atoms with Crippen molar-refractivity contribution in [3.05, 3.63) is 114 Å². The smallest absolute Gasteiger partial charge is 0.342 e. The van der Waals surface area contributed by atoms with Gasteiger partial charge in [-0.15, -0.1) is 0 Å². The SMILES string of the molecule is O=C(Nc1ccccc1-c1ccc(F)cc1)N1N=C(c2cccnc2)CC1c1ccccc1O. The van der Waals surface area contributed by atoms with Crippen LogP contribution in [0, 0.1) is 5.82 Å². The van der Waals surface area contributed by atoms with Crippen LogP contribution in [0.2, 0.25) is 0 Å². The highest BCUT2D eigenvalue weighted by Crippen LogP contribution is 2.37. The maximum absolute atomic E-state index is 13.5. The lowest BCUT2D eigenvalue weighted by Crippen LogP contribution is -2.31. The zero-order valence-corrected chi connectivity index (χ0v) is 18.1. The van der Waals surface area contributed by atoms with E-state index in [1.54, 1.807) is 48.8 Å². The molecular formula is C27H21FN4O2. The lowest BCUT2D eigenvalue weighted by Gasteiger charge is -2.23. The molecule has 34 heavy (non-hydrogen) atoms. The molecule has 2 heterocycles. The molecule has 1 aliphatic rings. The average Bonchev–Trinajstić information content (AvgIpc) is 3.31. The van der Waals surface area contributed by atoms with Crippen molar-refractivity contribution in [2.75, 3.05) is 5.32 Å². The number of benzene rings is 3. The van der Waals surface area contributed by atoms with Gasteiger partial charge in [0.15, 0.2) is 0 Å². The van der Waals surface area contributed by atoms with Gasteiger partial charge in [-0.1, -0.05) is 54.6 Å². The number of hydrogen-bond acceptors (Lipinski definition) is 4. The predicted molar refractivity (Wildman–Crippen MR) is 129 cm³/mol. The molecule has 2 amide bonds. The average molecular weight is 452 g/mol. The predicted octanol–water partition coefficient (Wildman–Crippen LogP) is 5.98. The number of aromatic nitrogens is 1. The molecule has 3 aromatic carbocycles. The van der Waals surface area contributed by atoms with E-state index in [1.165, 1.54) is 17.1 Å². The molecular weight excluding hydrogens is 431 g/mol. The zero-order valence-electron chi connectivity index (χ0n) is 18.1. The third-order valence-corrected chi connectivity index (χ3v) is 5.73. The summed E-state index contributed by atoms with van der Waals surface area (Å²) >= 11 is 0. The second kappa shape index (κ2) is 9.15. The molecule has 7 heteroatoms. The second-order valence-electron chi connectivity index (χ2n) is 7.89. The molecule has 5 rings (SSSR count). The Balaban J connectivity index is 1.49. The number of carbonyl (C=O) groups excluding carboxylic acids is 1. The Kier molecular flexibility index (Phi) is 5.74. The van der Waals surface area contributed by atoms with Gasteiger partial charge < -0.3 is 10.4 Å². The highest BCUT2D eigenvalue weighted by molar-refractivity contribution is 6.04. The van der Waals surface area contributed by atoms with Crippen LogP contribution in [0.4, 0.5) is 14.9 Å². The normalized spacial score (nSPS) is 15.1. The van der Waals surface area contributed by atoms with Gasteiger partial charge in [0.1, 0.15) is 11.6 Å². The molecule has 168 valence electrons. The number of halogens is 1. The van der Waals surface area contributed by atoms with Gasteiger partial charge in [-0.2, -0.15) is 5.10 Å². The monoisotopic (exact) mass is 452 g/mol. The first-order valence-electron chi connectivity index (χ1n) is 10.8. The molecule has 6 nitrogen and oxygen atoms in total. The van der Waals surface area contributed by atoms with E-state index in [-0.39, 0.29) is 11.6 Å². The Morgan fingerprint density at radius 2 is 1.71 bits per heavy atom. The van der Waals surface area contributed by atoms with Crippen molar-refractivity contribution in [2.24, 2.45) is 5.10 Å². The minimum Gasteiger partial charge on any atom is -0.508 e. The molecule has 0 saturated carbocycles. The number of aromatic hydroxyl groups is 1. The van der Waals surface area contributed by atoms with Crippen molar-refractivity contribution < 1.29 is 14.3 Å². The number of urea groups is 1. The quantitative estimate of drug-likeness (QED) is 0.400. The molecule has 1 unspecified atom stereocenters. The lowest BCUT2D eigenvalue weighted by molar-refractivity contribution is 0.199. The molecule has 1 aromatic heterocycles. The first kappa shape index (κ1) is 21.3. The van der Waals surface area contributed by atoms with E-state index in [1.807, 2.05) is 36.4 Å². The maximum atomic E-state index is 13.5. The fourth-order valence-corrected chi connectivity index (χ4v) is 4.06. The van der Waals surface area contributed by atoms with Crippen LogP contribution in [0.1, 0.15) is 23.6 Å². The van der Waals surface area contributed by atoms with Crippen molar-refractivity contribution in [3.63, 3.8) is 0 Å². The third kappa shape index (κ3) is 4.23. The highest BCUT2D eigenvalue weighted by Gasteiger charge is 2.35. The Hall–Kier alpha value is -4.52. The zero-order chi connectivity index (χ0) is 23.5. The Bertz CT molecular complexity index is 1360. The largest absolute Gasteiger partial charge is 0.508 e. The summed E-state index contributed by atoms with van der Waals surface area (Å²) in [5.41, 5.74) is 4.21. The van der Waals surface area contributed by atoms with E-state index in [2.05, 4.69) is 15.4 Å². The number of nitrogens with one attached hydrogen (secondary N) is 1. The fourth-order valence-electron chi connectivity index (χ4n) is 4.06. The van der Waals surface area contributed by atoms with E-state index < -0.39 is 12.1 Å². The van der Waals surface area contributed by atoms with Gasteiger partial charge in [0.25, 0.3) is 0 Å². The van der Waals surface area contributed by atoms with E-state index in [0.29, 0.717) is 23.4 Å². The van der Waals surface area contributed by atoms with E-state index in [4.69, 9.17) is 0 Å². The molecule has 1 atom stereocenters. The minimum atomic E-state index is -0.491. The number of para-hydroxylation sites is 2. The molecule has 0 saturated heterocycles. The Morgan fingerprint density at radius 1 is 0.941 bits per heavy atom. The van der Waals surface area contributed by atoms with E-state index >= 15 is 0 Å². The van der Waals surface area contributed by atoms with Crippen molar-refractivity contribution >= 4 is 17.4 Å². The molecule has 0 aliphatic carbocycles. The van der Waals surface area contributed by atoms with Crippen LogP contribution in [0.5, 0.6) is 5.75 Å². The first-order chi connectivity index (χ1) is 16.6. The van der Waals surface area contributed by atoms with Crippen LogP contribution in [0.3, 0.4) is 0 Å². The van der Waals surface area contributed by atoms with E-state index in [9.17, 15) is 14.3 Å². The van der Waals surface area contributed by atoms with E-state index in [0.717, 1.165) is 16.7 Å². The summed E-state index contributed by atoms with van der Waals surface area (Å²) in [7, 11) is 0. The number of anilines is 1. The van der Waals surface area contributed by atoms with Gasteiger partial charge in [-0.05, 0) is 35.9 Å². The number of amides is 2. The molecule has 0 spiro atoms. The maximum Gasteiger partial charge on any atom is 0.342 e. The number of carbonyl (C=O) groups is 1. The van der Waals surface area contributed by atoms with Crippen LogP contribution in [0.25, 0.3) is 11.1 Å². The third-order valence-electron chi connectivity index (χ3n) is 5.73. The van der Waals surface area contributed by atoms with Crippen LogP contribution >= 0.6 is 0 Å². The minimum absolute atomic E-state index is 0.0969. The van der Waals surface area contributed by atoms with Gasteiger partial charge in [0, 0.05) is 35.5 Å². The number of nitrogens with zero attached hydrogens (tertiary/aromatic N) is 3. The highest BCUT2D eigenvalue weighted by atomic mass is 19.1. The summed E-state index contributed by atoms with van der Waals surface area (Å²) in [6.07, 6.45) is 3.80. The van der Waals surface area contributed by atoms with Crippen molar-refractivity contribution in [1.82, 2.24) is 9.99 Å². The molecule has 2 N–H and O–H groups in total. The fraction of sp³-hybridized carbons (Fsp3) is 0.0741. The van der Waals surface area contributed by atoms with Gasteiger partial charge in [0.2, 0.25) is 0 Å².